The highest BCUT2D eigenvalue weighted by Gasteiger charge is 2.34. The molecule has 3 rings (SSSR count). The summed E-state index contributed by atoms with van der Waals surface area (Å²) in [5.41, 5.74) is -1.23. The number of hydrogen-bond acceptors (Lipinski definition) is 6. The SMILES string of the molecule is Cn1cc(S(=O)(=O)Oc2cccc3c2OC(C)(C)C3)c(=O)n(C)c1=O. The van der Waals surface area contributed by atoms with Gasteiger partial charge in [0.1, 0.15) is 5.60 Å². The van der Waals surface area contributed by atoms with Crippen LogP contribution in [0.2, 0.25) is 0 Å². The molecule has 0 N–H and O–H groups in total. The lowest BCUT2D eigenvalue weighted by atomic mass is 10.0. The quantitative estimate of drug-likeness (QED) is 0.737. The molecule has 2 heterocycles. The second-order valence-corrected chi connectivity index (χ2v) is 8.09. The highest BCUT2D eigenvalue weighted by Crippen LogP contribution is 2.42. The maximum absolute atomic E-state index is 12.6. The molecule has 25 heavy (non-hydrogen) atoms. The van der Waals surface area contributed by atoms with Crippen LogP contribution in [0, 0.1) is 0 Å². The number of hydrogen-bond donors (Lipinski definition) is 0. The molecule has 0 fully saturated rings. The number of para-hydroxylation sites is 1. The molecule has 1 aliphatic heterocycles. The minimum absolute atomic E-state index is 0.0129. The molecule has 1 aliphatic rings. The van der Waals surface area contributed by atoms with Gasteiger partial charge >= 0.3 is 15.8 Å². The van der Waals surface area contributed by atoms with Crippen LogP contribution in [0.15, 0.2) is 38.9 Å². The number of nitrogens with zero attached hydrogens (tertiary/aromatic N) is 2. The van der Waals surface area contributed by atoms with Gasteiger partial charge in [0.25, 0.3) is 5.56 Å². The maximum atomic E-state index is 12.6. The summed E-state index contributed by atoms with van der Waals surface area (Å²) < 4.78 is 37.9. The topological polar surface area (TPSA) is 96.6 Å². The lowest BCUT2D eigenvalue weighted by molar-refractivity contribution is 0.136. The van der Waals surface area contributed by atoms with Crippen molar-refractivity contribution in [3.05, 3.63) is 50.8 Å². The third-order valence-corrected chi connectivity index (χ3v) is 5.16. The van der Waals surface area contributed by atoms with Crippen molar-refractivity contribution in [3.63, 3.8) is 0 Å². The fourth-order valence-corrected chi connectivity index (χ4v) is 3.86. The largest absolute Gasteiger partial charge is 0.483 e. The Morgan fingerprint density at radius 3 is 2.56 bits per heavy atom. The van der Waals surface area contributed by atoms with Gasteiger partial charge < -0.3 is 13.5 Å². The summed E-state index contributed by atoms with van der Waals surface area (Å²) in [5.74, 6) is 0.358. The van der Waals surface area contributed by atoms with Crippen molar-refractivity contribution in [3.8, 4) is 11.5 Å². The van der Waals surface area contributed by atoms with Gasteiger partial charge in [0.05, 0.1) is 0 Å². The van der Waals surface area contributed by atoms with Crippen LogP contribution in [0.3, 0.4) is 0 Å². The molecule has 0 spiro atoms. The molecular weight excluding hydrogens is 348 g/mol. The van der Waals surface area contributed by atoms with Gasteiger partial charge in [-0.2, -0.15) is 8.42 Å². The van der Waals surface area contributed by atoms with Crippen LogP contribution in [0.25, 0.3) is 0 Å². The Balaban J connectivity index is 2.08. The monoisotopic (exact) mass is 366 g/mol. The molecule has 8 nitrogen and oxygen atoms in total. The van der Waals surface area contributed by atoms with Gasteiger partial charge in [-0.3, -0.25) is 9.36 Å². The Kier molecular flexibility index (Phi) is 3.79. The van der Waals surface area contributed by atoms with Crippen LogP contribution in [0.4, 0.5) is 0 Å². The highest BCUT2D eigenvalue weighted by atomic mass is 32.2. The molecule has 0 atom stereocenters. The van der Waals surface area contributed by atoms with E-state index in [-0.39, 0.29) is 5.75 Å². The van der Waals surface area contributed by atoms with Crippen molar-refractivity contribution in [2.75, 3.05) is 0 Å². The van der Waals surface area contributed by atoms with Crippen molar-refractivity contribution >= 4 is 10.1 Å². The molecule has 0 unspecified atom stereocenters. The van der Waals surface area contributed by atoms with Gasteiger partial charge in [-0.1, -0.05) is 12.1 Å². The second kappa shape index (κ2) is 5.48. The molecule has 0 radical (unpaired) electrons. The van der Waals surface area contributed by atoms with Crippen LogP contribution < -0.4 is 20.2 Å². The first-order chi connectivity index (χ1) is 11.5. The van der Waals surface area contributed by atoms with Gasteiger partial charge in [-0.15, -0.1) is 0 Å². The number of aryl methyl sites for hydroxylation is 1. The van der Waals surface area contributed by atoms with E-state index in [9.17, 15) is 18.0 Å². The molecule has 134 valence electrons. The predicted octanol–water partition coefficient (Wildman–Crippen LogP) is 0.565. The van der Waals surface area contributed by atoms with Crippen LogP contribution in [-0.4, -0.2) is 23.2 Å². The zero-order valence-corrected chi connectivity index (χ0v) is 15.1. The van der Waals surface area contributed by atoms with E-state index < -0.39 is 31.9 Å². The van der Waals surface area contributed by atoms with Crippen LogP contribution >= 0.6 is 0 Å². The number of rotatable bonds is 3. The predicted molar refractivity (Wildman–Crippen MR) is 89.6 cm³/mol. The Morgan fingerprint density at radius 1 is 1.20 bits per heavy atom. The fourth-order valence-electron chi connectivity index (χ4n) is 2.76. The summed E-state index contributed by atoms with van der Waals surface area (Å²) in [6, 6.07) is 4.95. The lowest BCUT2D eigenvalue weighted by Gasteiger charge is -2.18. The summed E-state index contributed by atoms with van der Waals surface area (Å²) >= 11 is 0. The van der Waals surface area contributed by atoms with Gasteiger partial charge in [-0.25, -0.2) is 4.79 Å². The number of fused-ring (bicyclic) bond motifs is 1. The molecule has 0 saturated carbocycles. The van der Waals surface area contributed by atoms with E-state index in [1.165, 1.54) is 20.2 Å². The molecule has 1 aromatic heterocycles. The van der Waals surface area contributed by atoms with E-state index in [4.69, 9.17) is 8.92 Å². The van der Waals surface area contributed by atoms with E-state index in [1.807, 2.05) is 19.9 Å². The van der Waals surface area contributed by atoms with E-state index in [0.717, 1.165) is 16.3 Å². The lowest BCUT2D eigenvalue weighted by Crippen LogP contribution is -2.39. The zero-order chi connectivity index (χ0) is 18.6. The van der Waals surface area contributed by atoms with Crippen molar-refractivity contribution in [1.82, 2.24) is 9.13 Å². The summed E-state index contributed by atoms with van der Waals surface area (Å²) in [4.78, 5) is 23.3. The van der Waals surface area contributed by atoms with Crippen LogP contribution in [0.5, 0.6) is 11.5 Å². The number of aromatic nitrogens is 2. The summed E-state index contributed by atoms with van der Waals surface area (Å²) in [6.45, 7) is 3.77. The second-order valence-electron chi connectivity index (χ2n) is 6.57. The molecule has 9 heteroatoms. The summed E-state index contributed by atoms with van der Waals surface area (Å²) in [6.07, 6.45) is 1.56. The molecule has 0 bridgehead atoms. The Morgan fingerprint density at radius 2 is 1.88 bits per heavy atom. The minimum Gasteiger partial charge on any atom is -0.483 e. The highest BCUT2D eigenvalue weighted by molar-refractivity contribution is 7.87. The zero-order valence-electron chi connectivity index (χ0n) is 14.3. The smallest absolute Gasteiger partial charge is 0.346 e. The maximum Gasteiger partial charge on any atom is 0.346 e. The van der Waals surface area contributed by atoms with Crippen LogP contribution in [0.1, 0.15) is 19.4 Å². The molecule has 0 saturated heterocycles. The molecule has 2 aromatic rings. The van der Waals surface area contributed by atoms with Gasteiger partial charge in [0.15, 0.2) is 16.4 Å². The summed E-state index contributed by atoms with van der Waals surface area (Å²) in [7, 11) is -1.88. The van der Waals surface area contributed by atoms with Crippen molar-refractivity contribution in [1.29, 1.82) is 0 Å². The number of benzene rings is 1. The fraction of sp³-hybridized carbons (Fsp3) is 0.375. The molecular formula is C16H18N2O6S. The molecule has 0 aliphatic carbocycles. The van der Waals surface area contributed by atoms with E-state index in [0.29, 0.717) is 16.7 Å². The average Bonchev–Trinajstić information content (AvgIpc) is 2.83. The first kappa shape index (κ1) is 17.3. The number of ether oxygens (including phenoxy) is 1. The normalized spacial score (nSPS) is 15.5. The van der Waals surface area contributed by atoms with Gasteiger partial charge in [-0.05, 0) is 19.9 Å². The van der Waals surface area contributed by atoms with Crippen LogP contribution in [-0.2, 0) is 30.6 Å². The van der Waals surface area contributed by atoms with E-state index in [2.05, 4.69) is 0 Å². The molecule has 0 amide bonds. The van der Waals surface area contributed by atoms with Gasteiger partial charge in [0.2, 0.25) is 0 Å². The minimum atomic E-state index is -4.44. The van der Waals surface area contributed by atoms with Gasteiger partial charge in [0, 0.05) is 32.3 Å². The van der Waals surface area contributed by atoms with E-state index >= 15 is 0 Å². The Hall–Kier alpha value is -2.55. The molecule has 1 aromatic carbocycles. The Labute approximate surface area is 144 Å². The first-order valence-electron chi connectivity index (χ1n) is 7.54. The van der Waals surface area contributed by atoms with E-state index in [1.54, 1.807) is 6.07 Å². The first-order valence-corrected chi connectivity index (χ1v) is 8.95. The average molecular weight is 366 g/mol. The third kappa shape index (κ3) is 2.95. The van der Waals surface area contributed by atoms with Crippen molar-refractivity contribution in [2.24, 2.45) is 14.1 Å². The third-order valence-electron chi connectivity index (χ3n) is 3.94. The summed E-state index contributed by atoms with van der Waals surface area (Å²) in [5, 5.41) is 0. The van der Waals surface area contributed by atoms with Crippen molar-refractivity contribution in [2.45, 2.75) is 30.8 Å². The van der Waals surface area contributed by atoms with Crippen molar-refractivity contribution < 1.29 is 17.3 Å². The Bertz CT molecular complexity index is 1080. The standard InChI is InChI=1S/C16H18N2O6S/c1-16(2)8-10-6-5-7-11(13(10)23-16)24-25(21,22)12-9-17(3)15(20)18(4)14(12)19/h5-7,9H,8H2,1-4H3.